The summed E-state index contributed by atoms with van der Waals surface area (Å²) in [5, 5.41) is 0. The van der Waals surface area contributed by atoms with Gasteiger partial charge in [0.15, 0.2) is 18.2 Å². The second kappa shape index (κ2) is 4.84. The van der Waals surface area contributed by atoms with Crippen LogP contribution in [0, 0.1) is 5.82 Å². The van der Waals surface area contributed by atoms with E-state index in [9.17, 15) is 9.18 Å². The van der Waals surface area contributed by atoms with E-state index in [1.807, 2.05) is 0 Å². The summed E-state index contributed by atoms with van der Waals surface area (Å²) in [4.78, 5) is 15.8. The fourth-order valence-electron chi connectivity index (χ4n) is 2.08. The smallest absolute Gasteiger partial charge is 0.233 e. The fourth-order valence-corrected chi connectivity index (χ4v) is 2.08. The van der Waals surface area contributed by atoms with E-state index in [1.165, 1.54) is 12.1 Å². The molecule has 0 spiro atoms. The lowest BCUT2D eigenvalue weighted by Crippen LogP contribution is -2.08. The molecule has 0 bridgehead atoms. The highest BCUT2D eigenvalue weighted by molar-refractivity contribution is 5.95. The lowest BCUT2D eigenvalue weighted by atomic mass is 10.0. The zero-order chi connectivity index (χ0) is 13.2. The van der Waals surface area contributed by atoms with Gasteiger partial charge in [0.25, 0.3) is 0 Å². The second-order valence-electron chi connectivity index (χ2n) is 4.41. The molecule has 2 aromatic rings. The van der Waals surface area contributed by atoms with Crippen LogP contribution in [0.1, 0.15) is 35.0 Å². The van der Waals surface area contributed by atoms with Gasteiger partial charge in [-0.15, -0.1) is 0 Å². The van der Waals surface area contributed by atoms with Crippen LogP contribution in [0.4, 0.5) is 4.39 Å². The Bertz CT molecular complexity index is 621. The maximum atomic E-state index is 13.0. The number of carbonyl (C=O) groups excluding carboxylic acids is 1. The summed E-state index contributed by atoms with van der Waals surface area (Å²) >= 11 is 0. The first-order chi connectivity index (χ1) is 9.22. The van der Waals surface area contributed by atoms with Crippen LogP contribution in [0.25, 0.3) is 0 Å². The molecule has 0 saturated carbocycles. The number of aryl methyl sites for hydroxylation is 1. The van der Waals surface area contributed by atoms with Gasteiger partial charge in [0.1, 0.15) is 11.6 Å². The quantitative estimate of drug-likeness (QED) is 0.852. The van der Waals surface area contributed by atoms with Crippen LogP contribution in [0.3, 0.4) is 0 Å². The van der Waals surface area contributed by atoms with Crippen LogP contribution in [-0.4, -0.2) is 10.8 Å². The maximum absolute atomic E-state index is 13.0. The lowest BCUT2D eigenvalue weighted by molar-refractivity contribution is 0.0940. The summed E-state index contributed by atoms with van der Waals surface area (Å²) in [6.07, 6.45) is 2.07. The molecular weight excluding hydrogens is 249 g/mol. The molecule has 0 radical (unpaired) electrons. The largest absolute Gasteiger partial charge is 0.484 e. The Morgan fingerprint density at radius 1 is 1.37 bits per heavy atom. The van der Waals surface area contributed by atoms with E-state index in [0.717, 1.165) is 12.8 Å². The summed E-state index contributed by atoms with van der Waals surface area (Å²) in [7, 11) is 0. The van der Waals surface area contributed by atoms with Crippen LogP contribution >= 0.6 is 0 Å². The number of nitrogens with zero attached hydrogens (tertiary/aromatic N) is 1. The molecule has 0 N–H and O–H groups in total. The molecule has 0 amide bonds. The van der Waals surface area contributed by atoms with E-state index < -0.39 is 0 Å². The molecule has 0 unspecified atom stereocenters. The molecule has 0 aliphatic heterocycles. The van der Waals surface area contributed by atoms with Gasteiger partial charge in [0, 0.05) is 12.5 Å². The average Bonchev–Trinajstić information content (AvgIpc) is 2.81. The Morgan fingerprint density at radius 2 is 2.26 bits per heavy atom. The van der Waals surface area contributed by atoms with E-state index in [4.69, 9.17) is 9.15 Å². The number of fused-ring (bicyclic) bond motifs is 1. The van der Waals surface area contributed by atoms with Gasteiger partial charge in [-0.1, -0.05) is 6.07 Å². The maximum Gasteiger partial charge on any atom is 0.233 e. The van der Waals surface area contributed by atoms with Crippen molar-refractivity contribution in [2.75, 3.05) is 0 Å². The highest BCUT2D eigenvalue weighted by Gasteiger charge is 2.24. The predicted octanol–water partition coefficient (Wildman–Crippen LogP) is 2.91. The molecule has 4 nitrogen and oxygen atoms in total. The standard InChI is InChI=1S/C14H12FNO3/c15-9-3-1-4-10(7-9)18-8-13-16-11-5-2-6-12(17)14(11)19-13/h1,3-4,7H,2,5-6,8H2. The number of hydrogen-bond donors (Lipinski definition) is 0. The van der Waals surface area contributed by atoms with Gasteiger partial charge in [0.2, 0.25) is 5.89 Å². The Kier molecular flexibility index (Phi) is 3.03. The zero-order valence-corrected chi connectivity index (χ0v) is 10.2. The number of rotatable bonds is 3. The Morgan fingerprint density at radius 3 is 3.05 bits per heavy atom. The summed E-state index contributed by atoms with van der Waals surface area (Å²) in [5.41, 5.74) is 0.703. The molecular formula is C14H12FNO3. The molecule has 0 atom stereocenters. The first-order valence-corrected chi connectivity index (χ1v) is 6.12. The van der Waals surface area contributed by atoms with Gasteiger partial charge >= 0.3 is 0 Å². The number of halogens is 1. The molecule has 1 aliphatic carbocycles. The Balaban J connectivity index is 1.72. The molecule has 0 fully saturated rings. The molecule has 19 heavy (non-hydrogen) atoms. The molecule has 1 heterocycles. The van der Waals surface area contributed by atoms with Crippen molar-refractivity contribution in [1.29, 1.82) is 0 Å². The molecule has 98 valence electrons. The number of ether oxygens (including phenoxy) is 1. The van der Waals surface area contributed by atoms with Crippen molar-refractivity contribution in [3.8, 4) is 5.75 Å². The van der Waals surface area contributed by atoms with Crippen molar-refractivity contribution >= 4 is 5.78 Å². The second-order valence-corrected chi connectivity index (χ2v) is 4.41. The highest BCUT2D eigenvalue weighted by atomic mass is 19.1. The SMILES string of the molecule is O=C1CCCc2nc(COc3cccc(F)c3)oc21. The molecule has 1 aromatic carbocycles. The third-order valence-corrected chi connectivity index (χ3v) is 2.97. The van der Waals surface area contributed by atoms with Gasteiger partial charge in [-0.05, 0) is 25.0 Å². The fraction of sp³-hybridized carbons (Fsp3) is 0.286. The Hall–Kier alpha value is -2.17. The monoisotopic (exact) mass is 261 g/mol. The normalized spacial score (nSPS) is 14.3. The molecule has 3 rings (SSSR count). The minimum absolute atomic E-state index is 0.00856. The van der Waals surface area contributed by atoms with Crippen LogP contribution < -0.4 is 4.74 Å². The minimum atomic E-state index is -0.362. The van der Waals surface area contributed by atoms with Crippen LogP contribution in [0.2, 0.25) is 0 Å². The molecule has 1 aliphatic rings. The van der Waals surface area contributed by atoms with Crippen molar-refractivity contribution in [3.05, 3.63) is 47.4 Å². The number of oxazole rings is 1. The first-order valence-electron chi connectivity index (χ1n) is 6.12. The number of carbonyl (C=O) groups is 1. The number of Topliss-reactive ketones (excluding diaryl/α,β-unsaturated/α-hetero) is 1. The van der Waals surface area contributed by atoms with Crippen LogP contribution in [-0.2, 0) is 13.0 Å². The van der Waals surface area contributed by atoms with Gasteiger partial charge in [-0.3, -0.25) is 4.79 Å². The number of hydrogen-bond acceptors (Lipinski definition) is 4. The highest BCUT2D eigenvalue weighted by Crippen LogP contribution is 2.22. The molecule has 0 saturated heterocycles. The Labute approximate surface area is 109 Å². The molecule has 5 heteroatoms. The van der Waals surface area contributed by atoms with Gasteiger partial charge in [0.05, 0.1) is 5.69 Å². The predicted molar refractivity (Wildman–Crippen MR) is 64.5 cm³/mol. The van der Waals surface area contributed by atoms with Crippen molar-refractivity contribution in [3.63, 3.8) is 0 Å². The number of aromatic nitrogens is 1. The van der Waals surface area contributed by atoms with Gasteiger partial charge < -0.3 is 9.15 Å². The average molecular weight is 261 g/mol. The van der Waals surface area contributed by atoms with E-state index in [-0.39, 0.29) is 18.2 Å². The summed E-state index contributed by atoms with van der Waals surface area (Å²) in [6, 6.07) is 5.84. The van der Waals surface area contributed by atoms with Crippen molar-refractivity contribution in [2.45, 2.75) is 25.9 Å². The van der Waals surface area contributed by atoms with Gasteiger partial charge in [-0.2, -0.15) is 0 Å². The summed E-state index contributed by atoms with van der Waals surface area (Å²) in [5.74, 6) is 0.737. The lowest BCUT2D eigenvalue weighted by Gasteiger charge is -2.04. The van der Waals surface area contributed by atoms with Crippen molar-refractivity contribution in [1.82, 2.24) is 4.98 Å². The van der Waals surface area contributed by atoms with Crippen molar-refractivity contribution < 1.29 is 18.3 Å². The topological polar surface area (TPSA) is 52.3 Å². The summed E-state index contributed by atoms with van der Waals surface area (Å²) in [6.45, 7) is 0.0870. The third-order valence-electron chi connectivity index (χ3n) is 2.97. The van der Waals surface area contributed by atoms with E-state index in [1.54, 1.807) is 12.1 Å². The van der Waals surface area contributed by atoms with Crippen molar-refractivity contribution in [2.24, 2.45) is 0 Å². The minimum Gasteiger partial charge on any atom is -0.484 e. The number of benzene rings is 1. The van der Waals surface area contributed by atoms with E-state index >= 15 is 0 Å². The van der Waals surface area contributed by atoms with Crippen LogP contribution in [0.15, 0.2) is 28.7 Å². The first kappa shape index (κ1) is 11.9. The van der Waals surface area contributed by atoms with E-state index in [0.29, 0.717) is 29.5 Å². The van der Waals surface area contributed by atoms with Gasteiger partial charge in [-0.25, -0.2) is 9.37 Å². The van der Waals surface area contributed by atoms with Crippen LogP contribution in [0.5, 0.6) is 5.75 Å². The number of ketones is 1. The van der Waals surface area contributed by atoms with E-state index in [2.05, 4.69) is 4.98 Å². The zero-order valence-electron chi connectivity index (χ0n) is 10.2. The molecule has 1 aromatic heterocycles. The summed E-state index contributed by atoms with van der Waals surface area (Å²) < 4.78 is 23.7. The third kappa shape index (κ3) is 2.50.